The molecule has 2 fully saturated rings. The monoisotopic (exact) mass is 536 g/mol. The molecule has 196 valence electrons. The number of aryl methyl sites for hydroxylation is 1. The molecule has 2 saturated heterocycles. The fourth-order valence-electron chi connectivity index (χ4n) is 6.01. The lowest BCUT2D eigenvalue weighted by molar-refractivity contribution is -0.136. The molecule has 1 aromatic heterocycles. The summed E-state index contributed by atoms with van der Waals surface area (Å²) in [5.74, 6) is -1.87. The molecule has 38 heavy (non-hydrogen) atoms. The van der Waals surface area contributed by atoms with Crippen LogP contribution in [0.5, 0.6) is 0 Å². The number of fused-ring (bicyclic) bond motifs is 2. The summed E-state index contributed by atoms with van der Waals surface area (Å²) in [4.78, 5) is 56.4. The van der Waals surface area contributed by atoms with Gasteiger partial charge < -0.3 is 14.8 Å². The molecule has 3 aliphatic heterocycles. The van der Waals surface area contributed by atoms with Crippen LogP contribution in [-0.2, 0) is 16.1 Å². The number of piperidine rings is 2. The molecular weight excluding hydrogens is 511 g/mol. The topological polar surface area (TPSA) is 103 Å². The Morgan fingerprint density at radius 1 is 1.08 bits per heavy atom. The zero-order valence-electron chi connectivity index (χ0n) is 20.8. The predicted molar refractivity (Wildman–Crippen MR) is 138 cm³/mol. The maximum absolute atomic E-state index is 15.7. The molecule has 0 radical (unpaired) electrons. The van der Waals surface area contributed by atoms with E-state index in [1.54, 1.807) is 29.2 Å². The third-order valence-electron chi connectivity index (χ3n) is 8.14. The summed E-state index contributed by atoms with van der Waals surface area (Å²) >= 11 is 6.10. The number of halogens is 2. The third kappa shape index (κ3) is 3.96. The molecular formula is C28H26ClFN4O4. The van der Waals surface area contributed by atoms with E-state index in [1.165, 1.54) is 4.90 Å². The lowest BCUT2D eigenvalue weighted by Gasteiger charge is -2.32. The van der Waals surface area contributed by atoms with Gasteiger partial charge in [0.2, 0.25) is 11.8 Å². The van der Waals surface area contributed by atoms with Gasteiger partial charge in [-0.1, -0.05) is 23.7 Å². The number of likely N-dealkylation sites (tertiary alicyclic amines) is 1. The van der Waals surface area contributed by atoms with Crippen molar-refractivity contribution in [2.24, 2.45) is 0 Å². The Balaban J connectivity index is 1.17. The summed E-state index contributed by atoms with van der Waals surface area (Å²) in [5, 5.41) is 3.81. The summed E-state index contributed by atoms with van der Waals surface area (Å²) in [7, 11) is 0. The Hall–Kier alpha value is -3.72. The molecule has 10 heteroatoms. The van der Waals surface area contributed by atoms with Gasteiger partial charge in [-0.3, -0.25) is 24.5 Å². The van der Waals surface area contributed by atoms with E-state index in [-0.39, 0.29) is 42.7 Å². The van der Waals surface area contributed by atoms with E-state index < -0.39 is 23.7 Å². The van der Waals surface area contributed by atoms with E-state index >= 15 is 4.39 Å². The quantitative estimate of drug-likeness (QED) is 0.493. The molecule has 3 aliphatic rings. The molecule has 8 nitrogen and oxygen atoms in total. The minimum atomic E-state index is -0.783. The maximum Gasteiger partial charge on any atom is 0.270 e. The van der Waals surface area contributed by atoms with E-state index in [0.29, 0.717) is 47.8 Å². The first-order valence-electron chi connectivity index (χ1n) is 12.8. The minimum Gasteiger partial charge on any atom is -0.350 e. The zero-order chi connectivity index (χ0) is 26.7. The third-order valence-corrected chi connectivity index (χ3v) is 8.37. The lowest BCUT2D eigenvalue weighted by atomic mass is 9.87. The fourth-order valence-corrected chi connectivity index (χ4v) is 6.19. The lowest BCUT2D eigenvalue weighted by Crippen LogP contribution is -2.52. The number of nitrogens with one attached hydrogen (secondary N) is 2. The number of aromatic amines is 1. The molecule has 6 rings (SSSR count). The van der Waals surface area contributed by atoms with Crippen molar-refractivity contribution < 1.29 is 23.6 Å². The van der Waals surface area contributed by atoms with E-state index in [1.807, 2.05) is 13.0 Å². The molecule has 3 aromatic rings. The minimum absolute atomic E-state index is 0.00112. The Morgan fingerprint density at radius 2 is 1.84 bits per heavy atom. The number of rotatable bonds is 3. The number of hydrogen-bond donors (Lipinski definition) is 2. The standard InChI is InChI=1S/C28H26ClFN4O4/c1-14-17-3-2-16(29)12-21(17)31-25(14)28(38)33-10-8-15(9-11-33)18-4-5-19-20(24(18)30)13-34(27(19)37)22-6-7-23(35)32-26(22)36/h2-5,12,15,22,31H,6-11,13H2,1H3,(H,32,35,36). The molecule has 0 spiro atoms. The Labute approximate surface area is 223 Å². The Kier molecular flexibility index (Phi) is 5.98. The summed E-state index contributed by atoms with van der Waals surface area (Å²) < 4.78 is 15.7. The van der Waals surface area contributed by atoms with Crippen molar-refractivity contribution in [1.29, 1.82) is 0 Å². The number of carbonyl (C=O) groups is 4. The number of imide groups is 1. The smallest absolute Gasteiger partial charge is 0.270 e. The molecule has 1 unspecified atom stereocenters. The molecule has 2 aromatic carbocycles. The Bertz CT molecular complexity index is 1520. The highest BCUT2D eigenvalue weighted by Gasteiger charge is 2.41. The van der Waals surface area contributed by atoms with Crippen LogP contribution in [0.2, 0.25) is 5.02 Å². The van der Waals surface area contributed by atoms with Gasteiger partial charge >= 0.3 is 0 Å². The van der Waals surface area contributed by atoms with Crippen molar-refractivity contribution in [3.63, 3.8) is 0 Å². The van der Waals surface area contributed by atoms with Gasteiger partial charge in [-0.15, -0.1) is 0 Å². The Morgan fingerprint density at radius 3 is 2.58 bits per heavy atom. The first-order valence-corrected chi connectivity index (χ1v) is 13.1. The number of carbonyl (C=O) groups excluding carboxylic acids is 4. The van der Waals surface area contributed by atoms with Crippen molar-refractivity contribution in [3.05, 3.63) is 69.1 Å². The molecule has 1 atom stereocenters. The molecule has 0 aliphatic carbocycles. The first kappa shape index (κ1) is 24.6. The van der Waals surface area contributed by atoms with Crippen LogP contribution < -0.4 is 5.32 Å². The van der Waals surface area contributed by atoms with Crippen molar-refractivity contribution >= 4 is 46.1 Å². The summed E-state index contributed by atoms with van der Waals surface area (Å²) in [6.45, 7) is 2.88. The van der Waals surface area contributed by atoms with Gasteiger partial charge in [0, 0.05) is 46.6 Å². The summed E-state index contributed by atoms with van der Waals surface area (Å²) in [6.07, 6.45) is 1.57. The largest absolute Gasteiger partial charge is 0.350 e. The molecule has 2 N–H and O–H groups in total. The van der Waals surface area contributed by atoms with Crippen LogP contribution in [0, 0.1) is 12.7 Å². The van der Waals surface area contributed by atoms with Gasteiger partial charge in [0.05, 0.1) is 6.54 Å². The van der Waals surface area contributed by atoms with Crippen molar-refractivity contribution in [3.8, 4) is 0 Å². The summed E-state index contributed by atoms with van der Waals surface area (Å²) in [5.41, 5.74) is 3.32. The van der Waals surface area contributed by atoms with Crippen LogP contribution >= 0.6 is 11.6 Å². The highest BCUT2D eigenvalue weighted by molar-refractivity contribution is 6.31. The van der Waals surface area contributed by atoms with Gasteiger partial charge in [0.1, 0.15) is 17.6 Å². The van der Waals surface area contributed by atoms with Crippen LogP contribution in [0.25, 0.3) is 10.9 Å². The number of amides is 4. The first-order chi connectivity index (χ1) is 18.2. The molecule has 0 saturated carbocycles. The number of benzene rings is 2. The highest BCUT2D eigenvalue weighted by Crippen LogP contribution is 2.37. The summed E-state index contributed by atoms with van der Waals surface area (Å²) in [6, 6.07) is 8.01. The number of H-pyrrole nitrogens is 1. The zero-order valence-corrected chi connectivity index (χ0v) is 21.5. The molecule has 4 amide bonds. The average molecular weight is 537 g/mol. The second-order valence-electron chi connectivity index (χ2n) is 10.3. The second kappa shape index (κ2) is 9.23. The highest BCUT2D eigenvalue weighted by atomic mass is 35.5. The van der Waals surface area contributed by atoms with Gasteiger partial charge in [0.25, 0.3) is 11.8 Å². The normalized spacial score (nSPS) is 20.3. The van der Waals surface area contributed by atoms with E-state index in [4.69, 9.17) is 11.6 Å². The van der Waals surface area contributed by atoms with Crippen LogP contribution in [0.1, 0.15) is 69.1 Å². The van der Waals surface area contributed by atoms with Crippen LogP contribution in [0.3, 0.4) is 0 Å². The number of hydrogen-bond acceptors (Lipinski definition) is 4. The van der Waals surface area contributed by atoms with Gasteiger partial charge in [-0.25, -0.2) is 4.39 Å². The molecule has 0 bridgehead atoms. The van der Waals surface area contributed by atoms with Crippen molar-refractivity contribution in [2.75, 3.05) is 13.1 Å². The van der Waals surface area contributed by atoms with Gasteiger partial charge in [-0.2, -0.15) is 0 Å². The second-order valence-corrected chi connectivity index (χ2v) is 10.7. The van der Waals surface area contributed by atoms with E-state index in [2.05, 4.69) is 10.3 Å². The number of aromatic nitrogens is 1. The number of nitrogens with zero attached hydrogens (tertiary/aromatic N) is 2. The van der Waals surface area contributed by atoms with Gasteiger partial charge in [0.15, 0.2) is 0 Å². The predicted octanol–water partition coefficient (Wildman–Crippen LogP) is 4.05. The average Bonchev–Trinajstić information content (AvgIpc) is 3.41. The van der Waals surface area contributed by atoms with Crippen LogP contribution in [-0.4, -0.2) is 57.5 Å². The maximum atomic E-state index is 15.7. The van der Waals surface area contributed by atoms with E-state index in [0.717, 1.165) is 16.5 Å². The van der Waals surface area contributed by atoms with Crippen molar-refractivity contribution in [1.82, 2.24) is 20.1 Å². The molecule has 4 heterocycles. The van der Waals surface area contributed by atoms with Gasteiger partial charge in [-0.05, 0) is 61.4 Å². The van der Waals surface area contributed by atoms with Crippen LogP contribution in [0.4, 0.5) is 4.39 Å². The SMILES string of the molecule is Cc1c(C(=O)N2CCC(c3ccc4c(c3F)CN(C3CCC(=O)NC3=O)C4=O)CC2)[nH]c2cc(Cl)ccc12. The fraction of sp³-hybridized carbons (Fsp3) is 0.357. The van der Waals surface area contributed by atoms with Crippen molar-refractivity contribution in [2.45, 2.75) is 51.1 Å². The van der Waals surface area contributed by atoms with E-state index in [9.17, 15) is 19.2 Å². The van der Waals surface area contributed by atoms with Crippen LogP contribution in [0.15, 0.2) is 30.3 Å².